The standard InChI is InChI=1S/C46H28N4/c1-2-15-33(16-3-1)49-40-21-11-8-18-35(40)36-27-32(23-24-41(36)49)45-46(48-39-20-10-9-19-38(39)47-45)50-42-25-22-29-12-6-7-17-34(29)44(42)37-26-30-13-4-5-14-31(30)28-43(37)50/h1-28H. The van der Waals surface area contributed by atoms with Gasteiger partial charge in [0.05, 0.1) is 33.1 Å². The van der Waals surface area contributed by atoms with Gasteiger partial charge in [-0.15, -0.1) is 0 Å². The highest BCUT2D eigenvalue weighted by molar-refractivity contribution is 6.23. The Labute approximate surface area is 287 Å². The first-order valence-corrected chi connectivity index (χ1v) is 17.0. The SMILES string of the molecule is c1ccc(-n2c3ccccc3c3cc(-c4nc5ccccc5nc4-n4c5cc6ccccc6cc5c5c6ccccc6ccc54)ccc32)cc1. The summed E-state index contributed by atoms with van der Waals surface area (Å²) < 4.78 is 4.69. The topological polar surface area (TPSA) is 35.6 Å². The first-order valence-electron chi connectivity index (χ1n) is 17.0. The fraction of sp³-hybridized carbons (Fsp3) is 0. The van der Waals surface area contributed by atoms with Gasteiger partial charge >= 0.3 is 0 Å². The molecule has 0 aliphatic carbocycles. The molecule has 0 spiro atoms. The number of para-hydroxylation sites is 4. The summed E-state index contributed by atoms with van der Waals surface area (Å²) >= 11 is 0. The number of fused-ring (bicyclic) bond motifs is 10. The second kappa shape index (κ2) is 10.4. The molecule has 4 nitrogen and oxygen atoms in total. The van der Waals surface area contributed by atoms with Crippen molar-refractivity contribution in [2.45, 2.75) is 0 Å². The van der Waals surface area contributed by atoms with E-state index >= 15 is 0 Å². The summed E-state index contributed by atoms with van der Waals surface area (Å²) in [6.07, 6.45) is 0. The van der Waals surface area contributed by atoms with E-state index < -0.39 is 0 Å². The number of hydrogen-bond donors (Lipinski definition) is 0. The molecular formula is C46H28N4. The zero-order valence-electron chi connectivity index (χ0n) is 27.0. The summed E-state index contributed by atoms with van der Waals surface area (Å²) in [6.45, 7) is 0. The van der Waals surface area contributed by atoms with Gasteiger partial charge in [0, 0.05) is 32.8 Å². The molecule has 11 rings (SSSR count). The highest BCUT2D eigenvalue weighted by atomic mass is 15.1. The minimum Gasteiger partial charge on any atom is -0.309 e. The van der Waals surface area contributed by atoms with Crippen molar-refractivity contribution in [2.75, 3.05) is 0 Å². The Bertz CT molecular complexity index is 3150. The maximum Gasteiger partial charge on any atom is 0.165 e. The van der Waals surface area contributed by atoms with Gasteiger partial charge < -0.3 is 4.57 Å². The number of benzene rings is 8. The van der Waals surface area contributed by atoms with Crippen molar-refractivity contribution in [2.24, 2.45) is 0 Å². The minimum atomic E-state index is 0.820. The Morgan fingerprint density at radius 3 is 1.84 bits per heavy atom. The molecule has 0 aliphatic heterocycles. The second-order valence-electron chi connectivity index (χ2n) is 13.0. The normalized spacial score (nSPS) is 12.0. The second-order valence-corrected chi connectivity index (χ2v) is 13.0. The Morgan fingerprint density at radius 2 is 1.00 bits per heavy atom. The van der Waals surface area contributed by atoms with Crippen molar-refractivity contribution >= 4 is 76.2 Å². The predicted molar refractivity (Wildman–Crippen MR) is 209 cm³/mol. The van der Waals surface area contributed by atoms with E-state index in [-0.39, 0.29) is 0 Å². The molecule has 0 N–H and O–H groups in total. The Morgan fingerprint density at radius 1 is 0.360 bits per heavy atom. The van der Waals surface area contributed by atoms with Gasteiger partial charge in [-0.2, -0.15) is 0 Å². The van der Waals surface area contributed by atoms with Crippen molar-refractivity contribution in [1.29, 1.82) is 0 Å². The lowest BCUT2D eigenvalue weighted by atomic mass is 10.0. The van der Waals surface area contributed by atoms with Crippen LogP contribution in [0.2, 0.25) is 0 Å². The quantitative estimate of drug-likeness (QED) is 0.193. The average molecular weight is 637 g/mol. The molecular weight excluding hydrogens is 609 g/mol. The monoisotopic (exact) mass is 636 g/mol. The van der Waals surface area contributed by atoms with Crippen LogP contribution in [0.4, 0.5) is 0 Å². The van der Waals surface area contributed by atoms with Gasteiger partial charge in [0.15, 0.2) is 5.82 Å². The molecule has 0 amide bonds. The number of rotatable bonds is 3. The molecule has 232 valence electrons. The number of aromatic nitrogens is 4. The summed E-state index contributed by atoms with van der Waals surface area (Å²) in [4.78, 5) is 10.8. The van der Waals surface area contributed by atoms with E-state index in [1.54, 1.807) is 0 Å². The largest absolute Gasteiger partial charge is 0.309 e. The maximum absolute atomic E-state index is 5.44. The number of nitrogens with zero attached hydrogens (tertiary/aromatic N) is 4. The Hall–Kier alpha value is -6.78. The summed E-state index contributed by atoms with van der Waals surface area (Å²) in [7, 11) is 0. The fourth-order valence-corrected chi connectivity index (χ4v) is 8.02. The van der Waals surface area contributed by atoms with Gasteiger partial charge in [0.25, 0.3) is 0 Å². The Balaban J connectivity index is 1.27. The lowest BCUT2D eigenvalue weighted by molar-refractivity contribution is 1.08. The van der Waals surface area contributed by atoms with Crippen molar-refractivity contribution in [3.63, 3.8) is 0 Å². The van der Waals surface area contributed by atoms with Crippen LogP contribution in [0.5, 0.6) is 0 Å². The summed E-state index contributed by atoms with van der Waals surface area (Å²) in [5.74, 6) is 0.820. The zero-order valence-corrected chi connectivity index (χ0v) is 27.0. The molecule has 0 fully saturated rings. The molecule has 11 aromatic rings. The van der Waals surface area contributed by atoms with Gasteiger partial charge in [-0.05, 0) is 82.2 Å². The third-order valence-corrected chi connectivity index (χ3v) is 10.2. The molecule has 0 radical (unpaired) electrons. The van der Waals surface area contributed by atoms with Crippen LogP contribution in [0.3, 0.4) is 0 Å². The molecule has 50 heavy (non-hydrogen) atoms. The third-order valence-electron chi connectivity index (χ3n) is 10.2. The predicted octanol–water partition coefficient (Wildman–Crippen LogP) is 11.8. The van der Waals surface area contributed by atoms with E-state index in [0.29, 0.717) is 0 Å². The van der Waals surface area contributed by atoms with E-state index in [4.69, 9.17) is 9.97 Å². The summed E-state index contributed by atoms with van der Waals surface area (Å²) in [5.41, 5.74) is 9.31. The van der Waals surface area contributed by atoms with E-state index in [0.717, 1.165) is 50.3 Å². The van der Waals surface area contributed by atoms with Crippen molar-refractivity contribution < 1.29 is 0 Å². The van der Waals surface area contributed by atoms with Crippen LogP contribution >= 0.6 is 0 Å². The van der Waals surface area contributed by atoms with E-state index in [9.17, 15) is 0 Å². The molecule has 0 aliphatic rings. The van der Waals surface area contributed by atoms with E-state index in [1.165, 1.54) is 48.6 Å². The molecule has 0 atom stereocenters. The van der Waals surface area contributed by atoms with Crippen LogP contribution in [0.15, 0.2) is 170 Å². The molecule has 0 bridgehead atoms. The first-order chi connectivity index (χ1) is 24.8. The molecule has 4 heteroatoms. The van der Waals surface area contributed by atoms with Crippen LogP contribution in [0.1, 0.15) is 0 Å². The first kappa shape index (κ1) is 27.2. The molecule has 0 unspecified atom stereocenters. The van der Waals surface area contributed by atoms with Gasteiger partial charge in [-0.1, -0.05) is 109 Å². The lowest BCUT2D eigenvalue weighted by Crippen LogP contribution is -2.03. The molecule has 8 aromatic carbocycles. The van der Waals surface area contributed by atoms with Crippen LogP contribution in [-0.4, -0.2) is 19.1 Å². The lowest BCUT2D eigenvalue weighted by Gasteiger charge is -2.14. The minimum absolute atomic E-state index is 0.820. The van der Waals surface area contributed by atoms with Gasteiger partial charge in [0.1, 0.15) is 5.69 Å². The van der Waals surface area contributed by atoms with E-state index in [2.05, 4.69) is 167 Å². The van der Waals surface area contributed by atoms with E-state index in [1.807, 2.05) is 12.1 Å². The smallest absolute Gasteiger partial charge is 0.165 e. The molecule has 0 saturated heterocycles. The average Bonchev–Trinajstić information content (AvgIpc) is 3.69. The van der Waals surface area contributed by atoms with Crippen LogP contribution in [-0.2, 0) is 0 Å². The Kier molecular flexibility index (Phi) is 5.63. The maximum atomic E-state index is 5.44. The van der Waals surface area contributed by atoms with Gasteiger partial charge in [0.2, 0.25) is 0 Å². The highest BCUT2D eigenvalue weighted by Crippen LogP contribution is 2.41. The van der Waals surface area contributed by atoms with Crippen LogP contribution in [0.25, 0.3) is 99.0 Å². The molecule has 0 saturated carbocycles. The van der Waals surface area contributed by atoms with Crippen molar-refractivity contribution in [3.05, 3.63) is 170 Å². The third kappa shape index (κ3) is 3.87. The molecule has 3 aromatic heterocycles. The summed E-state index contributed by atoms with van der Waals surface area (Å²) in [5, 5.41) is 9.69. The van der Waals surface area contributed by atoms with Crippen LogP contribution < -0.4 is 0 Å². The highest BCUT2D eigenvalue weighted by Gasteiger charge is 2.22. The van der Waals surface area contributed by atoms with Gasteiger partial charge in [-0.3, -0.25) is 4.57 Å². The molecule has 3 heterocycles. The summed E-state index contributed by atoms with van der Waals surface area (Å²) in [6, 6.07) is 60.6. The van der Waals surface area contributed by atoms with Crippen LogP contribution in [0, 0.1) is 0 Å². The fourth-order valence-electron chi connectivity index (χ4n) is 8.02. The zero-order chi connectivity index (χ0) is 32.8. The van der Waals surface area contributed by atoms with Crippen molar-refractivity contribution in [3.8, 4) is 22.8 Å². The number of hydrogen-bond acceptors (Lipinski definition) is 2. The van der Waals surface area contributed by atoms with Crippen molar-refractivity contribution in [1.82, 2.24) is 19.1 Å². The van der Waals surface area contributed by atoms with Gasteiger partial charge in [-0.25, -0.2) is 9.97 Å².